The predicted molar refractivity (Wildman–Crippen MR) is 97.4 cm³/mol. The quantitative estimate of drug-likeness (QED) is 0.793. The summed E-state index contributed by atoms with van der Waals surface area (Å²) in [6.07, 6.45) is -1.02. The molecule has 0 aliphatic carbocycles. The van der Waals surface area contributed by atoms with Crippen LogP contribution >= 0.6 is 23.2 Å². The molecule has 1 amide bonds. The van der Waals surface area contributed by atoms with E-state index in [0.29, 0.717) is 40.4 Å². The summed E-state index contributed by atoms with van der Waals surface area (Å²) in [5.41, 5.74) is 0.675. The number of anilines is 1. The van der Waals surface area contributed by atoms with Gasteiger partial charge in [0.2, 0.25) is 0 Å². The maximum absolute atomic E-state index is 12.3. The Morgan fingerprint density at radius 3 is 2.38 bits per heavy atom. The molecule has 0 saturated heterocycles. The molecule has 1 heterocycles. The number of esters is 1. The Labute approximate surface area is 159 Å². The van der Waals surface area contributed by atoms with Crippen molar-refractivity contribution in [3.8, 4) is 11.5 Å². The molecule has 0 spiro atoms. The fraction of sp³-hybridized carbons (Fsp3) is 0.222. The first kappa shape index (κ1) is 18.4. The molecule has 2 aromatic rings. The van der Waals surface area contributed by atoms with Crippen LogP contribution in [0.2, 0.25) is 10.0 Å². The standard InChI is InChI=1S/C18H15Cl2NO5/c1-10(26-18(23)11-6-12(19)8-13(20)7-11)17(22)21-14-2-3-15-16(9-14)25-5-4-24-15/h2-3,6-10H,4-5H2,1H3,(H,21,22). The molecule has 26 heavy (non-hydrogen) atoms. The van der Waals surface area contributed by atoms with E-state index >= 15 is 0 Å². The third-order valence-electron chi connectivity index (χ3n) is 3.56. The number of ether oxygens (including phenoxy) is 3. The van der Waals surface area contributed by atoms with E-state index in [4.69, 9.17) is 37.4 Å². The number of hydrogen-bond acceptors (Lipinski definition) is 5. The molecule has 6 nitrogen and oxygen atoms in total. The zero-order chi connectivity index (χ0) is 18.7. The Morgan fingerprint density at radius 1 is 1.04 bits per heavy atom. The fourth-order valence-electron chi connectivity index (χ4n) is 2.32. The van der Waals surface area contributed by atoms with Crippen LogP contribution in [0.3, 0.4) is 0 Å². The van der Waals surface area contributed by atoms with Gasteiger partial charge in [0.05, 0.1) is 5.56 Å². The average Bonchev–Trinajstić information content (AvgIpc) is 2.60. The molecule has 2 aromatic carbocycles. The Balaban J connectivity index is 1.63. The van der Waals surface area contributed by atoms with Crippen molar-refractivity contribution in [1.29, 1.82) is 0 Å². The van der Waals surface area contributed by atoms with Crippen molar-refractivity contribution in [2.45, 2.75) is 13.0 Å². The lowest BCUT2D eigenvalue weighted by Gasteiger charge is -2.19. The minimum absolute atomic E-state index is 0.168. The first-order valence-corrected chi connectivity index (χ1v) is 8.55. The van der Waals surface area contributed by atoms with Crippen molar-refractivity contribution < 1.29 is 23.8 Å². The summed E-state index contributed by atoms with van der Waals surface area (Å²) in [6, 6.07) is 9.36. The highest BCUT2D eigenvalue weighted by molar-refractivity contribution is 6.35. The number of carbonyl (C=O) groups excluding carboxylic acids is 2. The van der Waals surface area contributed by atoms with E-state index < -0.39 is 18.0 Å². The molecule has 1 atom stereocenters. The summed E-state index contributed by atoms with van der Waals surface area (Å²) in [5.74, 6) is -0.0128. The lowest BCUT2D eigenvalue weighted by molar-refractivity contribution is -0.123. The van der Waals surface area contributed by atoms with Crippen LogP contribution in [0, 0.1) is 0 Å². The zero-order valence-corrected chi connectivity index (χ0v) is 15.3. The summed E-state index contributed by atoms with van der Waals surface area (Å²) >= 11 is 11.7. The van der Waals surface area contributed by atoms with E-state index in [1.54, 1.807) is 18.2 Å². The van der Waals surface area contributed by atoms with Gasteiger partial charge in [-0.15, -0.1) is 0 Å². The third-order valence-corrected chi connectivity index (χ3v) is 4.00. The van der Waals surface area contributed by atoms with E-state index in [0.717, 1.165) is 0 Å². The largest absolute Gasteiger partial charge is 0.486 e. The Bertz CT molecular complexity index is 835. The van der Waals surface area contributed by atoms with Gasteiger partial charge in [0, 0.05) is 21.8 Å². The van der Waals surface area contributed by atoms with Gasteiger partial charge in [0.25, 0.3) is 5.91 Å². The lowest BCUT2D eigenvalue weighted by Crippen LogP contribution is -2.30. The molecule has 0 bridgehead atoms. The van der Waals surface area contributed by atoms with Crippen LogP contribution in [0.1, 0.15) is 17.3 Å². The van der Waals surface area contributed by atoms with Crippen molar-refractivity contribution in [3.05, 3.63) is 52.0 Å². The number of benzene rings is 2. The minimum Gasteiger partial charge on any atom is -0.486 e. The fourth-order valence-corrected chi connectivity index (χ4v) is 2.84. The molecule has 0 radical (unpaired) electrons. The number of halogens is 2. The number of amides is 1. The second-order valence-corrected chi connectivity index (χ2v) is 6.43. The van der Waals surface area contributed by atoms with Gasteiger partial charge in [-0.1, -0.05) is 23.2 Å². The smallest absolute Gasteiger partial charge is 0.339 e. The van der Waals surface area contributed by atoms with Crippen LogP contribution in [0.4, 0.5) is 5.69 Å². The molecule has 1 unspecified atom stereocenters. The highest BCUT2D eigenvalue weighted by Gasteiger charge is 2.20. The second kappa shape index (κ2) is 7.85. The van der Waals surface area contributed by atoms with Crippen LogP contribution in [-0.4, -0.2) is 31.2 Å². The van der Waals surface area contributed by atoms with E-state index in [9.17, 15) is 9.59 Å². The van der Waals surface area contributed by atoms with Gasteiger partial charge in [0.1, 0.15) is 13.2 Å². The van der Waals surface area contributed by atoms with Crippen LogP contribution < -0.4 is 14.8 Å². The maximum Gasteiger partial charge on any atom is 0.339 e. The number of fused-ring (bicyclic) bond motifs is 1. The monoisotopic (exact) mass is 395 g/mol. The van der Waals surface area contributed by atoms with E-state index in [1.165, 1.54) is 25.1 Å². The van der Waals surface area contributed by atoms with E-state index in [2.05, 4.69) is 5.32 Å². The number of nitrogens with one attached hydrogen (secondary N) is 1. The van der Waals surface area contributed by atoms with Gasteiger partial charge in [-0.2, -0.15) is 0 Å². The van der Waals surface area contributed by atoms with Gasteiger partial charge in [-0.3, -0.25) is 4.79 Å². The molecule has 1 aliphatic rings. The Kier molecular flexibility index (Phi) is 5.54. The number of carbonyl (C=O) groups is 2. The van der Waals surface area contributed by atoms with Crippen molar-refractivity contribution in [1.82, 2.24) is 0 Å². The van der Waals surface area contributed by atoms with Gasteiger partial charge in [-0.25, -0.2) is 4.79 Å². The van der Waals surface area contributed by atoms with Gasteiger partial charge < -0.3 is 19.5 Å². The van der Waals surface area contributed by atoms with E-state index in [-0.39, 0.29) is 5.56 Å². The van der Waals surface area contributed by atoms with Crippen LogP contribution in [0.5, 0.6) is 11.5 Å². The van der Waals surface area contributed by atoms with Crippen molar-refractivity contribution in [2.75, 3.05) is 18.5 Å². The van der Waals surface area contributed by atoms with E-state index in [1.807, 2.05) is 0 Å². The predicted octanol–water partition coefficient (Wildman–Crippen LogP) is 3.95. The molecule has 1 aliphatic heterocycles. The van der Waals surface area contributed by atoms with Crippen LogP contribution in [-0.2, 0) is 9.53 Å². The molecule has 0 saturated carbocycles. The lowest BCUT2D eigenvalue weighted by atomic mass is 10.2. The molecule has 3 rings (SSSR count). The Hall–Kier alpha value is -2.44. The Morgan fingerprint density at radius 2 is 1.69 bits per heavy atom. The number of hydrogen-bond donors (Lipinski definition) is 1. The SMILES string of the molecule is CC(OC(=O)c1cc(Cl)cc(Cl)c1)C(=O)Nc1ccc2c(c1)OCCO2. The molecule has 8 heteroatoms. The average molecular weight is 396 g/mol. The molecular weight excluding hydrogens is 381 g/mol. The first-order chi connectivity index (χ1) is 12.4. The summed E-state index contributed by atoms with van der Waals surface area (Å²) in [6.45, 7) is 2.40. The molecule has 0 fully saturated rings. The van der Waals surface area contributed by atoms with Crippen LogP contribution in [0.15, 0.2) is 36.4 Å². The normalized spacial score (nSPS) is 13.7. The molecule has 0 aromatic heterocycles. The summed E-state index contributed by atoms with van der Waals surface area (Å²) in [7, 11) is 0. The van der Waals surface area contributed by atoms with Crippen molar-refractivity contribution in [3.63, 3.8) is 0 Å². The number of rotatable bonds is 4. The van der Waals surface area contributed by atoms with Gasteiger partial charge in [0.15, 0.2) is 17.6 Å². The zero-order valence-electron chi connectivity index (χ0n) is 13.8. The maximum atomic E-state index is 12.3. The highest BCUT2D eigenvalue weighted by Crippen LogP contribution is 2.32. The van der Waals surface area contributed by atoms with Crippen LogP contribution in [0.25, 0.3) is 0 Å². The van der Waals surface area contributed by atoms with Gasteiger partial charge >= 0.3 is 5.97 Å². The van der Waals surface area contributed by atoms with Gasteiger partial charge in [-0.05, 0) is 37.3 Å². The molecular formula is C18H15Cl2NO5. The summed E-state index contributed by atoms with van der Waals surface area (Å²) in [4.78, 5) is 24.4. The second-order valence-electron chi connectivity index (χ2n) is 5.55. The summed E-state index contributed by atoms with van der Waals surface area (Å²) in [5, 5.41) is 3.27. The first-order valence-electron chi connectivity index (χ1n) is 7.80. The molecule has 136 valence electrons. The third kappa shape index (κ3) is 4.39. The van der Waals surface area contributed by atoms with Crippen molar-refractivity contribution in [2.24, 2.45) is 0 Å². The summed E-state index contributed by atoms with van der Waals surface area (Å²) < 4.78 is 16.1. The minimum atomic E-state index is -1.02. The molecule has 1 N–H and O–H groups in total. The topological polar surface area (TPSA) is 73.9 Å². The highest BCUT2D eigenvalue weighted by atomic mass is 35.5. The van der Waals surface area contributed by atoms with Crippen molar-refractivity contribution >= 4 is 40.8 Å².